The predicted molar refractivity (Wildman–Crippen MR) is 110 cm³/mol. The Morgan fingerprint density at radius 1 is 1.00 bits per heavy atom. The van der Waals surface area contributed by atoms with Gasteiger partial charge in [0.05, 0.1) is 0 Å². The summed E-state index contributed by atoms with van der Waals surface area (Å²) in [6.45, 7) is 3.09. The van der Waals surface area contributed by atoms with E-state index in [-0.39, 0.29) is 11.8 Å². The molecule has 0 atom stereocenters. The van der Waals surface area contributed by atoms with Crippen LogP contribution in [-0.2, 0) is 17.8 Å². The molecule has 2 aromatic rings. The first kappa shape index (κ1) is 21.3. The van der Waals surface area contributed by atoms with Crippen LogP contribution in [0.1, 0.15) is 34.8 Å². The van der Waals surface area contributed by atoms with Gasteiger partial charge in [-0.3, -0.25) is 9.59 Å². The van der Waals surface area contributed by atoms with Crippen molar-refractivity contribution in [1.82, 2.24) is 9.80 Å². The molecule has 0 bridgehead atoms. The van der Waals surface area contributed by atoms with Gasteiger partial charge in [0.25, 0.3) is 5.91 Å². The smallest absolute Gasteiger partial charge is 0.253 e. The number of rotatable bonds is 7. The lowest BCUT2D eigenvalue weighted by Crippen LogP contribution is -2.30. The van der Waals surface area contributed by atoms with Crippen LogP contribution in [0, 0.1) is 0 Å². The van der Waals surface area contributed by atoms with E-state index in [4.69, 9.17) is 23.2 Å². The lowest BCUT2D eigenvalue weighted by Gasteiger charge is -2.21. The Balaban J connectivity index is 1.97. The maximum Gasteiger partial charge on any atom is 0.253 e. The molecule has 27 heavy (non-hydrogen) atoms. The van der Waals surface area contributed by atoms with Crippen molar-refractivity contribution in [2.24, 2.45) is 0 Å². The molecule has 0 aromatic heterocycles. The lowest BCUT2D eigenvalue weighted by molar-refractivity contribution is -0.131. The van der Waals surface area contributed by atoms with Gasteiger partial charge in [-0.1, -0.05) is 41.4 Å². The molecule has 0 saturated heterocycles. The molecule has 0 fully saturated rings. The van der Waals surface area contributed by atoms with Crippen molar-refractivity contribution in [3.8, 4) is 0 Å². The van der Waals surface area contributed by atoms with E-state index in [1.807, 2.05) is 25.1 Å². The monoisotopic (exact) mass is 406 g/mol. The molecule has 0 unspecified atom stereocenters. The molecule has 0 heterocycles. The molecular weight excluding hydrogens is 383 g/mol. The highest BCUT2D eigenvalue weighted by Crippen LogP contribution is 2.22. The Labute approximate surface area is 170 Å². The molecule has 0 aliphatic heterocycles. The van der Waals surface area contributed by atoms with Crippen molar-refractivity contribution in [2.75, 3.05) is 20.6 Å². The zero-order valence-corrected chi connectivity index (χ0v) is 17.3. The van der Waals surface area contributed by atoms with Gasteiger partial charge in [0, 0.05) is 49.2 Å². The quantitative estimate of drug-likeness (QED) is 0.669. The second-order valence-corrected chi connectivity index (χ2v) is 7.38. The number of amides is 2. The molecule has 144 valence electrons. The molecule has 0 N–H and O–H groups in total. The van der Waals surface area contributed by atoms with Crippen LogP contribution in [0.15, 0.2) is 42.5 Å². The molecular formula is C21H24Cl2N2O2. The van der Waals surface area contributed by atoms with Crippen LogP contribution in [0.4, 0.5) is 0 Å². The maximum absolute atomic E-state index is 12.6. The lowest BCUT2D eigenvalue weighted by atomic mass is 10.1. The number of carbonyl (C=O) groups is 2. The van der Waals surface area contributed by atoms with Crippen molar-refractivity contribution < 1.29 is 9.59 Å². The van der Waals surface area contributed by atoms with E-state index in [0.29, 0.717) is 41.5 Å². The van der Waals surface area contributed by atoms with Crippen molar-refractivity contribution >= 4 is 35.0 Å². The van der Waals surface area contributed by atoms with E-state index in [1.54, 1.807) is 48.2 Å². The van der Waals surface area contributed by atoms with Crippen LogP contribution in [-0.4, -0.2) is 42.3 Å². The summed E-state index contributed by atoms with van der Waals surface area (Å²) in [7, 11) is 3.45. The van der Waals surface area contributed by atoms with E-state index in [0.717, 1.165) is 11.1 Å². The van der Waals surface area contributed by atoms with Crippen molar-refractivity contribution in [1.29, 1.82) is 0 Å². The normalized spacial score (nSPS) is 10.6. The van der Waals surface area contributed by atoms with Gasteiger partial charge in [-0.25, -0.2) is 0 Å². The number of nitrogens with zero attached hydrogens (tertiary/aromatic N) is 2. The summed E-state index contributed by atoms with van der Waals surface area (Å²) >= 11 is 12.1. The average molecular weight is 407 g/mol. The third kappa shape index (κ3) is 5.98. The van der Waals surface area contributed by atoms with Crippen molar-refractivity contribution in [3.05, 3.63) is 69.2 Å². The Morgan fingerprint density at radius 2 is 1.67 bits per heavy atom. The number of aryl methyl sites for hydroxylation is 1. The first-order chi connectivity index (χ1) is 12.8. The van der Waals surface area contributed by atoms with Gasteiger partial charge in [-0.15, -0.1) is 0 Å². The van der Waals surface area contributed by atoms with Gasteiger partial charge >= 0.3 is 0 Å². The van der Waals surface area contributed by atoms with E-state index >= 15 is 0 Å². The third-order valence-electron chi connectivity index (χ3n) is 4.34. The van der Waals surface area contributed by atoms with Crippen LogP contribution in [0.3, 0.4) is 0 Å². The number of halogens is 2. The fourth-order valence-corrected chi connectivity index (χ4v) is 3.23. The first-order valence-corrected chi connectivity index (χ1v) is 9.59. The predicted octanol–water partition coefficient (Wildman–Crippen LogP) is 4.68. The van der Waals surface area contributed by atoms with E-state index in [2.05, 4.69) is 0 Å². The summed E-state index contributed by atoms with van der Waals surface area (Å²) in [6, 6.07) is 12.7. The van der Waals surface area contributed by atoms with E-state index < -0.39 is 0 Å². The van der Waals surface area contributed by atoms with Gasteiger partial charge in [0.15, 0.2) is 0 Å². The molecule has 0 aliphatic rings. The molecule has 2 rings (SSSR count). The molecule has 0 aliphatic carbocycles. The highest BCUT2D eigenvalue weighted by molar-refractivity contribution is 6.35. The van der Waals surface area contributed by atoms with Crippen LogP contribution >= 0.6 is 23.2 Å². The summed E-state index contributed by atoms with van der Waals surface area (Å²) < 4.78 is 0. The zero-order valence-electron chi connectivity index (χ0n) is 15.8. The topological polar surface area (TPSA) is 40.6 Å². The van der Waals surface area contributed by atoms with E-state index in [9.17, 15) is 9.59 Å². The van der Waals surface area contributed by atoms with Gasteiger partial charge in [0.1, 0.15) is 0 Å². The number of carbonyl (C=O) groups excluding carboxylic acids is 2. The van der Waals surface area contributed by atoms with Gasteiger partial charge < -0.3 is 9.80 Å². The summed E-state index contributed by atoms with van der Waals surface area (Å²) in [5.74, 6) is 0.0294. The third-order valence-corrected chi connectivity index (χ3v) is 4.93. The molecule has 4 nitrogen and oxygen atoms in total. The van der Waals surface area contributed by atoms with E-state index in [1.165, 1.54) is 0 Å². The summed E-state index contributed by atoms with van der Waals surface area (Å²) in [5.41, 5.74) is 2.54. The zero-order chi connectivity index (χ0) is 20.0. The number of hydrogen-bond acceptors (Lipinski definition) is 2. The SMILES string of the molecule is CCN(Cc1ccc(C(=O)N(C)C)cc1)C(=O)CCc1ccc(Cl)cc1Cl. The Kier molecular flexibility index (Phi) is 7.69. The minimum atomic E-state index is -0.0372. The molecule has 6 heteroatoms. The summed E-state index contributed by atoms with van der Waals surface area (Å²) in [4.78, 5) is 27.9. The van der Waals surface area contributed by atoms with Gasteiger partial charge in [0.2, 0.25) is 5.91 Å². The fraction of sp³-hybridized carbons (Fsp3) is 0.333. The van der Waals surface area contributed by atoms with Gasteiger partial charge in [-0.2, -0.15) is 0 Å². The van der Waals surface area contributed by atoms with Crippen LogP contribution in [0.2, 0.25) is 10.0 Å². The first-order valence-electron chi connectivity index (χ1n) is 8.84. The second-order valence-electron chi connectivity index (χ2n) is 6.54. The Morgan fingerprint density at radius 3 is 2.22 bits per heavy atom. The van der Waals surface area contributed by atoms with Gasteiger partial charge in [-0.05, 0) is 48.7 Å². The van der Waals surface area contributed by atoms with Crippen LogP contribution in [0.25, 0.3) is 0 Å². The van der Waals surface area contributed by atoms with Crippen LogP contribution < -0.4 is 0 Å². The summed E-state index contributed by atoms with van der Waals surface area (Å²) in [6.07, 6.45) is 0.952. The number of benzene rings is 2. The minimum Gasteiger partial charge on any atom is -0.345 e. The van der Waals surface area contributed by atoms with Crippen molar-refractivity contribution in [2.45, 2.75) is 26.3 Å². The average Bonchev–Trinajstić information content (AvgIpc) is 2.65. The number of hydrogen-bond donors (Lipinski definition) is 0. The molecule has 0 spiro atoms. The fourth-order valence-electron chi connectivity index (χ4n) is 2.73. The molecule has 0 saturated carbocycles. The standard InChI is InChI=1S/C21H24Cl2N2O2/c1-4-25(14-15-5-7-17(8-6-15)21(27)24(2)3)20(26)12-10-16-9-11-18(22)13-19(16)23/h5-9,11,13H,4,10,12,14H2,1-3H3. The summed E-state index contributed by atoms with van der Waals surface area (Å²) in [5, 5.41) is 1.17. The van der Waals surface area contributed by atoms with Crippen molar-refractivity contribution in [3.63, 3.8) is 0 Å². The molecule has 0 radical (unpaired) electrons. The maximum atomic E-state index is 12.6. The second kappa shape index (κ2) is 9.77. The molecule has 2 amide bonds. The highest BCUT2D eigenvalue weighted by atomic mass is 35.5. The minimum absolute atomic E-state index is 0.0372. The Bertz CT molecular complexity index is 804. The van der Waals surface area contributed by atoms with Crippen LogP contribution in [0.5, 0.6) is 0 Å². The Hall–Kier alpha value is -2.04. The largest absolute Gasteiger partial charge is 0.345 e. The molecule has 2 aromatic carbocycles. The highest BCUT2D eigenvalue weighted by Gasteiger charge is 2.14.